The lowest BCUT2D eigenvalue weighted by Crippen LogP contribution is -1.97. The first kappa shape index (κ1) is 22.7. The number of allylic oxidation sites excluding steroid dienone is 3. The summed E-state index contributed by atoms with van der Waals surface area (Å²) < 4.78 is 14.1. The van der Waals surface area contributed by atoms with Crippen molar-refractivity contribution in [1.82, 2.24) is 0 Å². The van der Waals surface area contributed by atoms with E-state index in [1.165, 1.54) is 63.4 Å². The topological polar surface area (TPSA) is 0 Å². The second kappa shape index (κ2) is 13.8. The molecular formula is C25H39F. The molecule has 0 N–H and O–H groups in total. The highest BCUT2D eigenvalue weighted by Gasteiger charge is 2.10. The Morgan fingerprint density at radius 2 is 1.69 bits per heavy atom. The second-order valence-electron chi connectivity index (χ2n) is 7.57. The summed E-state index contributed by atoms with van der Waals surface area (Å²) in [6.45, 7) is 10.5. The monoisotopic (exact) mass is 358 g/mol. The summed E-state index contributed by atoms with van der Waals surface area (Å²) in [5.74, 6) is 0.804. The number of rotatable bonds is 14. The third-order valence-corrected chi connectivity index (χ3v) is 5.48. The number of unbranched alkanes of at least 4 members (excludes halogenated alkanes) is 6. The van der Waals surface area contributed by atoms with E-state index in [1.807, 2.05) is 19.1 Å². The van der Waals surface area contributed by atoms with Crippen LogP contribution in [-0.4, -0.2) is 0 Å². The van der Waals surface area contributed by atoms with E-state index in [2.05, 4.69) is 32.6 Å². The largest absolute Gasteiger partial charge is 0.207 e. The maximum Gasteiger partial charge on any atom is 0.126 e. The number of benzene rings is 1. The van der Waals surface area contributed by atoms with Gasteiger partial charge in [0.15, 0.2) is 0 Å². The summed E-state index contributed by atoms with van der Waals surface area (Å²) >= 11 is 0. The van der Waals surface area contributed by atoms with Crippen molar-refractivity contribution in [3.05, 3.63) is 53.9 Å². The molecule has 0 aliphatic heterocycles. The minimum atomic E-state index is -0.0858. The lowest BCUT2D eigenvalue weighted by Gasteiger charge is -2.13. The molecule has 0 aliphatic rings. The van der Waals surface area contributed by atoms with Crippen LogP contribution < -0.4 is 0 Å². The van der Waals surface area contributed by atoms with E-state index in [-0.39, 0.29) is 5.82 Å². The highest BCUT2D eigenvalue weighted by Crippen LogP contribution is 2.27. The third-order valence-electron chi connectivity index (χ3n) is 5.48. The van der Waals surface area contributed by atoms with Crippen molar-refractivity contribution in [3.63, 3.8) is 0 Å². The van der Waals surface area contributed by atoms with Gasteiger partial charge in [0.2, 0.25) is 0 Å². The molecule has 26 heavy (non-hydrogen) atoms. The summed E-state index contributed by atoms with van der Waals surface area (Å²) in [7, 11) is 0. The zero-order valence-corrected chi connectivity index (χ0v) is 17.3. The van der Waals surface area contributed by atoms with E-state index in [1.54, 1.807) is 6.07 Å². The van der Waals surface area contributed by atoms with Crippen molar-refractivity contribution < 1.29 is 4.39 Å². The van der Waals surface area contributed by atoms with Crippen molar-refractivity contribution in [2.24, 2.45) is 5.92 Å². The molecule has 0 nitrogen and oxygen atoms in total. The van der Waals surface area contributed by atoms with Crippen molar-refractivity contribution in [3.8, 4) is 0 Å². The summed E-state index contributed by atoms with van der Waals surface area (Å²) in [4.78, 5) is 0. The zero-order valence-electron chi connectivity index (χ0n) is 17.3. The Hall–Kier alpha value is -1.37. The van der Waals surface area contributed by atoms with Crippen LogP contribution in [0.5, 0.6) is 0 Å². The molecule has 0 spiro atoms. The molecule has 0 aromatic heterocycles. The SMILES string of the molecule is C=C/C=C(/CCCCCCCCCC(C)CC)c1cccc(F)c1CC. The minimum absolute atomic E-state index is 0.0858. The average molecular weight is 359 g/mol. The summed E-state index contributed by atoms with van der Waals surface area (Å²) in [5.41, 5.74) is 3.13. The summed E-state index contributed by atoms with van der Waals surface area (Å²) in [6, 6.07) is 5.43. The molecule has 0 fully saturated rings. The fourth-order valence-corrected chi connectivity index (χ4v) is 3.57. The molecule has 146 valence electrons. The Bertz CT molecular complexity index is 541. The van der Waals surface area contributed by atoms with Crippen LogP contribution in [0.4, 0.5) is 4.39 Å². The Balaban J connectivity index is 2.33. The Morgan fingerprint density at radius 3 is 2.31 bits per heavy atom. The van der Waals surface area contributed by atoms with Gasteiger partial charge in [-0.15, -0.1) is 0 Å². The molecule has 1 unspecified atom stereocenters. The molecule has 1 aromatic carbocycles. The van der Waals surface area contributed by atoms with Crippen LogP contribution in [0.3, 0.4) is 0 Å². The van der Waals surface area contributed by atoms with Crippen LogP contribution >= 0.6 is 0 Å². The summed E-state index contributed by atoms with van der Waals surface area (Å²) in [5, 5.41) is 0. The van der Waals surface area contributed by atoms with Gasteiger partial charge in [0.05, 0.1) is 0 Å². The molecule has 0 bridgehead atoms. The maximum atomic E-state index is 14.1. The quantitative estimate of drug-likeness (QED) is 0.231. The van der Waals surface area contributed by atoms with Crippen molar-refractivity contribution in [2.45, 2.75) is 91.4 Å². The van der Waals surface area contributed by atoms with E-state index in [0.29, 0.717) is 0 Å². The molecule has 0 aliphatic carbocycles. The lowest BCUT2D eigenvalue weighted by molar-refractivity contribution is 0.470. The molecular weight excluding hydrogens is 319 g/mol. The molecule has 0 radical (unpaired) electrons. The van der Waals surface area contributed by atoms with Gasteiger partial charge in [0.25, 0.3) is 0 Å². The Labute approximate surface area is 161 Å². The smallest absolute Gasteiger partial charge is 0.126 e. The van der Waals surface area contributed by atoms with Gasteiger partial charge in [-0.2, -0.15) is 0 Å². The molecule has 0 heterocycles. The number of halogens is 1. The first-order valence-corrected chi connectivity index (χ1v) is 10.7. The normalized spacial score (nSPS) is 13.0. The second-order valence-corrected chi connectivity index (χ2v) is 7.57. The highest BCUT2D eigenvalue weighted by atomic mass is 19.1. The van der Waals surface area contributed by atoms with Crippen molar-refractivity contribution >= 4 is 5.57 Å². The summed E-state index contributed by atoms with van der Waals surface area (Å²) in [6.07, 6.45) is 17.6. The molecule has 0 saturated heterocycles. The first-order chi connectivity index (χ1) is 12.6. The first-order valence-electron chi connectivity index (χ1n) is 10.7. The molecule has 1 rings (SSSR count). The van der Waals surface area contributed by atoms with Crippen LogP contribution in [0.1, 0.15) is 96.1 Å². The van der Waals surface area contributed by atoms with E-state index in [0.717, 1.165) is 29.9 Å². The van der Waals surface area contributed by atoms with Crippen LogP contribution in [0.25, 0.3) is 5.57 Å². The van der Waals surface area contributed by atoms with Crippen LogP contribution in [-0.2, 0) is 6.42 Å². The molecule has 0 saturated carbocycles. The average Bonchev–Trinajstić information content (AvgIpc) is 2.65. The van der Waals surface area contributed by atoms with Gasteiger partial charge in [-0.05, 0) is 47.9 Å². The van der Waals surface area contributed by atoms with Crippen LogP contribution in [0, 0.1) is 11.7 Å². The van der Waals surface area contributed by atoms with E-state index in [9.17, 15) is 4.39 Å². The van der Waals surface area contributed by atoms with Crippen LogP contribution in [0.2, 0.25) is 0 Å². The predicted octanol–water partition coefficient (Wildman–Crippen LogP) is 8.51. The minimum Gasteiger partial charge on any atom is -0.207 e. The third kappa shape index (κ3) is 8.34. The number of hydrogen-bond acceptors (Lipinski definition) is 0. The fraction of sp³-hybridized carbons (Fsp3) is 0.600. The van der Waals surface area contributed by atoms with E-state index >= 15 is 0 Å². The zero-order chi connectivity index (χ0) is 19.2. The maximum absolute atomic E-state index is 14.1. The molecule has 1 heteroatoms. The Morgan fingerprint density at radius 1 is 1.04 bits per heavy atom. The lowest BCUT2D eigenvalue weighted by atomic mass is 9.93. The van der Waals surface area contributed by atoms with Crippen LogP contribution in [0.15, 0.2) is 36.9 Å². The van der Waals surface area contributed by atoms with Gasteiger partial charge >= 0.3 is 0 Å². The standard InChI is InChI=1S/C25H39F/c1-5-16-22(24-19-15-20-25(26)23(24)7-3)18-14-12-10-8-9-11-13-17-21(4)6-2/h5,15-16,19-21H,1,6-14,17-18H2,2-4H3/b22-16-. The van der Waals surface area contributed by atoms with Gasteiger partial charge in [0.1, 0.15) is 5.82 Å². The van der Waals surface area contributed by atoms with E-state index < -0.39 is 0 Å². The van der Waals surface area contributed by atoms with Crippen molar-refractivity contribution in [2.75, 3.05) is 0 Å². The van der Waals surface area contributed by atoms with Gasteiger partial charge in [-0.3, -0.25) is 0 Å². The van der Waals surface area contributed by atoms with Gasteiger partial charge in [0, 0.05) is 0 Å². The van der Waals surface area contributed by atoms with Gasteiger partial charge < -0.3 is 0 Å². The molecule has 0 amide bonds. The molecule has 1 atom stereocenters. The van der Waals surface area contributed by atoms with Gasteiger partial charge in [-0.1, -0.05) is 103 Å². The predicted molar refractivity (Wildman–Crippen MR) is 115 cm³/mol. The number of hydrogen-bond donors (Lipinski definition) is 0. The fourth-order valence-electron chi connectivity index (χ4n) is 3.57. The van der Waals surface area contributed by atoms with Gasteiger partial charge in [-0.25, -0.2) is 4.39 Å². The van der Waals surface area contributed by atoms with Crippen molar-refractivity contribution in [1.29, 1.82) is 0 Å². The van der Waals surface area contributed by atoms with E-state index in [4.69, 9.17) is 0 Å². The Kier molecular flexibility index (Phi) is 12.0. The molecule has 1 aromatic rings. The highest BCUT2D eigenvalue weighted by molar-refractivity contribution is 5.69.